The maximum absolute atomic E-state index is 12.4. The number of carbonyl (C=O) groups excluding carboxylic acids is 1. The normalized spacial score (nSPS) is 13.7. The number of allylic oxidation sites excluding steroid dienone is 13. The highest BCUT2D eigenvalue weighted by molar-refractivity contribution is 5.76. The van der Waals surface area contributed by atoms with Gasteiger partial charge in [-0.3, -0.25) is 4.79 Å². The summed E-state index contributed by atoms with van der Waals surface area (Å²) in [6.45, 7) is 4.16. The molecule has 0 saturated carbocycles. The van der Waals surface area contributed by atoms with Gasteiger partial charge < -0.3 is 15.5 Å². The lowest BCUT2D eigenvalue weighted by molar-refractivity contribution is -0.123. The second-order valence-corrected chi connectivity index (χ2v) is 15.4. The molecule has 316 valence electrons. The van der Waals surface area contributed by atoms with Gasteiger partial charge in [0.05, 0.1) is 18.8 Å². The predicted molar refractivity (Wildman–Crippen MR) is 243 cm³/mol. The van der Waals surface area contributed by atoms with Crippen molar-refractivity contribution in [3.8, 4) is 0 Å². The van der Waals surface area contributed by atoms with Crippen LogP contribution in [0.1, 0.15) is 213 Å². The third kappa shape index (κ3) is 42.6. The van der Waals surface area contributed by atoms with Crippen molar-refractivity contribution in [2.75, 3.05) is 6.61 Å². The van der Waals surface area contributed by atoms with Crippen molar-refractivity contribution in [3.05, 3.63) is 85.1 Å². The number of rotatable bonds is 41. The smallest absolute Gasteiger partial charge is 0.220 e. The quantitative estimate of drug-likeness (QED) is 0.0429. The minimum Gasteiger partial charge on any atom is -0.394 e. The number of hydrogen-bond donors (Lipinski definition) is 3. The molecule has 55 heavy (non-hydrogen) atoms. The van der Waals surface area contributed by atoms with Gasteiger partial charge in [0.25, 0.3) is 0 Å². The number of unbranched alkanes of at least 4 members (excludes halogenated alkanes) is 22. The van der Waals surface area contributed by atoms with E-state index < -0.39 is 12.1 Å². The zero-order chi connectivity index (χ0) is 40.0. The molecular weight excluding hydrogens is 675 g/mol. The highest BCUT2D eigenvalue weighted by Gasteiger charge is 2.17. The fourth-order valence-corrected chi connectivity index (χ4v) is 6.59. The summed E-state index contributed by atoms with van der Waals surface area (Å²) < 4.78 is 0. The molecule has 3 N–H and O–H groups in total. The molecule has 0 heterocycles. The van der Waals surface area contributed by atoms with Crippen molar-refractivity contribution in [1.29, 1.82) is 0 Å². The van der Waals surface area contributed by atoms with E-state index in [-0.39, 0.29) is 12.5 Å². The molecule has 0 fully saturated rings. The predicted octanol–water partition coefficient (Wildman–Crippen LogP) is 14.9. The number of carbonyl (C=O) groups is 1. The molecule has 0 rings (SSSR count). The van der Waals surface area contributed by atoms with Crippen LogP contribution in [0.15, 0.2) is 85.1 Å². The van der Waals surface area contributed by atoms with Gasteiger partial charge in [0.15, 0.2) is 0 Å². The lowest BCUT2D eigenvalue weighted by atomic mass is 10.0. The molecule has 2 unspecified atom stereocenters. The van der Waals surface area contributed by atoms with Crippen LogP contribution in [-0.4, -0.2) is 34.9 Å². The number of hydrogen-bond acceptors (Lipinski definition) is 3. The first-order valence-corrected chi connectivity index (χ1v) is 23.3. The summed E-state index contributed by atoms with van der Waals surface area (Å²) in [4.78, 5) is 12.4. The van der Waals surface area contributed by atoms with Gasteiger partial charge in [-0.2, -0.15) is 0 Å². The Morgan fingerprint density at radius 3 is 1.20 bits per heavy atom. The number of aliphatic hydroxyl groups excluding tert-OH is 2. The third-order valence-electron chi connectivity index (χ3n) is 10.1. The summed E-state index contributed by atoms with van der Waals surface area (Å²) in [5.74, 6) is -0.0699. The van der Waals surface area contributed by atoms with E-state index in [0.717, 1.165) is 64.2 Å². The van der Waals surface area contributed by atoms with Crippen LogP contribution in [0.5, 0.6) is 0 Å². The summed E-state index contributed by atoms with van der Waals surface area (Å²) in [7, 11) is 0. The molecule has 0 radical (unpaired) electrons. The van der Waals surface area contributed by atoms with Gasteiger partial charge in [-0.05, 0) is 70.6 Å². The van der Waals surface area contributed by atoms with E-state index in [0.29, 0.717) is 6.42 Å². The van der Waals surface area contributed by atoms with Crippen LogP contribution in [0, 0.1) is 0 Å². The summed E-state index contributed by atoms with van der Waals surface area (Å²) in [5, 5.41) is 22.9. The Balaban J connectivity index is 3.52. The molecule has 4 heteroatoms. The first kappa shape index (κ1) is 52.6. The van der Waals surface area contributed by atoms with E-state index in [1.165, 1.54) is 128 Å². The molecule has 0 aliphatic heterocycles. The Bertz CT molecular complexity index is 1000. The average Bonchev–Trinajstić information content (AvgIpc) is 3.19. The Labute approximate surface area is 341 Å². The van der Waals surface area contributed by atoms with Gasteiger partial charge in [-0.25, -0.2) is 0 Å². The zero-order valence-corrected chi connectivity index (χ0v) is 36.2. The highest BCUT2D eigenvalue weighted by Crippen LogP contribution is 2.15. The van der Waals surface area contributed by atoms with Gasteiger partial charge in [-0.1, -0.05) is 221 Å². The largest absolute Gasteiger partial charge is 0.394 e. The van der Waals surface area contributed by atoms with Crippen molar-refractivity contribution >= 4 is 5.91 Å². The monoisotopic (exact) mass is 764 g/mol. The Morgan fingerprint density at radius 2 is 0.800 bits per heavy atom. The lowest BCUT2D eigenvalue weighted by Crippen LogP contribution is -2.45. The molecule has 0 aromatic rings. The standard InChI is InChI=1S/C51H89NO3/c1-3-5-7-9-11-13-15-16-17-18-19-20-21-22-23-24-25-26-27-28-29-30-31-32-33-34-35-36-37-39-41-43-45-47-51(55)52-49(48-53)50(54)46-44-42-40-38-14-12-10-8-6-4-2/h5,7,11,13,16-17,19-20,22-23,25-26,44,46,49-50,53-54H,3-4,6,8-10,12,14-15,18,21,24,27-43,45,47-48H2,1-2H3,(H,52,55)/b7-5-,13-11-,17-16-,20-19-,23-22-,26-25-,46-44+. The van der Waals surface area contributed by atoms with E-state index in [4.69, 9.17) is 0 Å². The average molecular weight is 764 g/mol. The van der Waals surface area contributed by atoms with Crippen molar-refractivity contribution in [2.24, 2.45) is 0 Å². The van der Waals surface area contributed by atoms with Crippen LogP contribution in [-0.2, 0) is 4.79 Å². The third-order valence-corrected chi connectivity index (χ3v) is 10.1. The van der Waals surface area contributed by atoms with E-state index in [1.807, 2.05) is 6.08 Å². The van der Waals surface area contributed by atoms with Gasteiger partial charge in [0.1, 0.15) is 0 Å². The SMILES string of the molecule is CC/C=C\C/C=C\C/C=C\C/C=C\C/C=C\C/C=C\CCCCCCCCCCCCCCCCC(=O)NC(CO)C(O)/C=C/CCCCCCCCCC. The molecule has 0 spiro atoms. The minimum atomic E-state index is -0.840. The van der Waals surface area contributed by atoms with E-state index in [1.54, 1.807) is 6.08 Å². The summed E-state index contributed by atoms with van der Waals surface area (Å²) in [6, 6.07) is -0.624. The molecule has 0 aromatic heterocycles. The van der Waals surface area contributed by atoms with Gasteiger partial charge >= 0.3 is 0 Å². The molecular formula is C51H89NO3. The van der Waals surface area contributed by atoms with E-state index >= 15 is 0 Å². The van der Waals surface area contributed by atoms with Gasteiger partial charge in [-0.15, -0.1) is 0 Å². The van der Waals surface area contributed by atoms with E-state index in [2.05, 4.69) is 92.1 Å². The van der Waals surface area contributed by atoms with E-state index in [9.17, 15) is 15.0 Å². The topological polar surface area (TPSA) is 69.6 Å². The lowest BCUT2D eigenvalue weighted by Gasteiger charge is -2.20. The second-order valence-electron chi connectivity index (χ2n) is 15.4. The Morgan fingerprint density at radius 1 is 0.455 bits per heavy atom. The van der Waals surface area contributed by atoms with Crippen LogP contribution in [0.3, 0.4) is 0 Å². The fourth-order valence-electron chi connectivity index (χ4n) is 6.59. The second kappa shape index (κ2) is 46.0. The van der Waals surface area contributed by atoms with Crippen molar-refractivity contribution in [2.45, 2.75) is 225 Å². The summed E-state index contributed by atoms with van der Waals surface area (Å²) in [5.41, 5.74) is 0. The van der Waals surface area contributed by atoms with Crippen molar-refractivity contribution in [3.63, 3.8) is 0 Å². The molecule has 0 aliphatic rings. The fraction of sp³-hybridized carbons (Fsp3) is 0.706. The minimum absolute atomic E-state index is 0.0699. The number of amides is 1. The first-order chi connectivity index (χ1) is 27.2. The maximum atomic E-state index is 12.4. The molecule has 4 nitrogen and oxygen atoms in total. The number of nitrogens with one attached hydrogen (secondary N) is 1. The highest BCUT2D eigenvalue weighted by atomic mass is 16.3. The zero-order valence-electron chi connectivity index (χ0n) is 36.2. The van der Waals surface area contributed by atoms with Crippen LogP contribution >= 0.6 is 0 Å². The first-order valence-electron chi connectivity index (χ1n) is 23.3. The Kier molecular flexibility index (Phi) is 43.9. The summed E-state index contributed by atoms with van der Waals surface area (Å²) >= 11 is 0. The van der Waals surface area contributed by atoms with Crippen molar-refractivity contribution in [1.82, 2.24) is 5.32 Å². The van der Waals surface area contributed by atoms with Crippen LogP contribution in [0.25, 0.3) is 0 Å². The number of aliphatic hydroxyl groups is 2. The maximum Gasteiger partial charge on any atom is 0.220 e. The van der Waals surface area contributed by atoms with Gasteiger partial charge in [0, 0.05) is 6.42 Å². The molecule has 1 amide bonds. The molecule has 0 aromatic carbocycles. The summed E-state index contributed by atoms with van der Waals surface area (Å²) in [6.07, 6.45) is 67.1. The molecule has 0 saturated heterocycles. The Hall–Kier alpha value is -2.43. The van der Waals surface area contributed by atoms with Crippen molar-refractivity contribution < 1.29 is 15.0 Å². The molecule has 0 bridgehead atoms. The molecule has 0 aliphatic carbocycles. The van der Waals surface area contributed by atoms with Crippen LogP contribution < -0.4 is 5.32 Å². The van der Waals surface area contributed by atoms with Crippen LogP contribution in [0.4, 0.5) is 0 Å². The molecule has 2 atom stereocenters. The van der Waals surface area contributed by atoms with Crippen LogP contribution in [0.2, 0.25) is 0 Å². The van der Waals surface area contributed by atoms with Gasteiger partial charge in [0.2, 0.25) is 5.91 Å².